The number of benzene rings is 1. The molecule has 0 saturated carbocycles. The van der Waals surface area contributed by atoms with Crippen molar-refractivity contribution in [3.05, 3.63) is 29.0 Å². The highest BCUT2D eigenvalue weighted by molar-refractivity contribution is 6.30. The summed E-state index contributed by atoms with van der Waals surface area (Å²) in [6, 6.07) is 3.22. The molecule has 1 aromatic carbocycles. The molecule has 0 aliphatic carbocycles. The van der Waals surface area contributed by atoms with Crippen LogP contribution in [0.5, 0.6) is 0 Å². The lowest BCUT2D eigenvalue weighted by Gasteiger charge is -2.30. The number of carbonyl (C=O) groups excluding carboxylic acids is 1. The second kappa shape index (κ2) is 6.88. The van der Waals surface area contributed by atoms with Crippen molar-refractivity contribution in [2.45, 2.75) is 6.92 Å². The minimum Gasteiger partial charge on any atom is -0.396 e. The van der Waals surface area contributed by atoms with Gasteiger partial charge in [-0.05, 0) is 18.2 Å². The van der Waals surface area contributed by atoms with Gasteiger partial charge in [0.2, 0.25) is 0 Å². The number of hydrogen-bond donors (Lipinski definition) is 3. The molecule has 0 aliphatic rings. The Morgan fingerprint density at radius 3 is 2.50 bits per heavy atom. The van der Waals surface area contributed by atoms with Gasteiger partial charge in [0.05, 0.1) is 13.2 Å². The van der Waals surface area contributed by atoms with Crippen molar-refractivity contribution in [2.24, 2.45) is 5.41 Å². The zero-order chi connectivity index (χ0) is 15.3. The third-order valence-electron chi connectivity index (χ3n) is 2.84. The number of aliphatic hydroxyl groups excluding tert-OH is 2. The van der Waals surface area contributed by atoms with Gasteiger partial charge in [-0.3, -0.25) is 0 Å². The first kappa shape index (κ1) is 16.7. The van der Waals surface area contributed by atoms with Gasteiger partial charge in [0.1, 0.15) is 5.82 Å². The molecule has 1 rings (SSSR count). The van der Waals surface area contributed by atoms with Crippen LogP contribution in [-0.2, 0) is 0 Å². The van der Waals surface area contributed by atoms with Gasteiger partial charge < -0.3 is 20.4 Å². The molecule has 5 nitrogen and oxygen atoms in total. The molecule has 0 unspecified atom stereocenters. The first-order valence-electron chi connectivity index (χ1n) is 5.99. The van der Waals surface area contributed by atoms with Crippen molar-refractivity contribution in [1.29, 1.82) is 0 Å². The molecule has 3 N–H and O–H groups in total. The molecule has 0 heterocycles. The lowest BCUT2D eigenvalue weighted by atomic mass is 9.92. The smallest absolute Gasteiger partial charge is 0.321 e. The first-order chi connectivity index (χ1) is 9.29. The maximum atomic E-state index is 13.1. The van der Waals surface area contributed by atoms with E-state index >= 15 is 0 Å². The fourth-order valence-electron chi connectivity index (χ4n) is 1.64. The van der Waals surface area contributed by atoms with Crippen LogP contribution >= 0.6 is 11.6 Å². The van der Waals surface area contributed by atoms with Crippen molar-refractivity contribution in [1.82, 2.24) is 4.90 Å². The number of amides is 2. The molecule has 0 bridgehead atoms. The summed E-state index contributed by atoms with van der Waals surface area (Å²) >= 11 is 5.69. The third-order valence-corrected chi connectivity index (χ3v) is 3.06. The van der Waals surface area contributed by atoms with Crippen LogP contribution in [0.4, 0.5) is 14.9 Å². The van der Waals surface area contributed by atoms with E-state index in [1.807, 2.05) is 0 Å². The predicted octanol–water partition coefficient (Wildman–Crippen LogP) is 1.93. The van der Waals surface area contributed by atoms with E-state index in [-0.39, 0.29) is 30.5 Å². The van der Waals surface area contributed by atoms with Crippen LogP contribution in [0.2, 0.25) is 5.02 Å². The van der Waals surface area contributed by atoms with Gasteiger partial charge in [-0.15, -0.1) is 0 Å². The number of nitrogens with zero attached hydrogens (tertiary/aromatic N) is 1. The SMILES string of the molecule is CN(CC(C)(CO)CO)C(=O)Nc1cc(F)cc(Cl)c1. The fourth-order valence-corrected chi connectivity index (χ4v) is 1.86. The van der Waals surface area contributed by atoms with Crippen LogP contribution in [0.3, 0.4) is 0 Å². The lowest BCUT2D eigenvalue weighted by molar-refractivity contribution is 0.0509. The molecule has 2 amide bonds. The van der Waals surface area contributed by atoms with Gasteiger partial charge in [-0.25, -0.2) is 9.18 Å². The Morgan fingerprint density at radius 2 is 2.00 bits per heavy atom. The molecule has 0 aliphatic heterocycles. The highest BCUT2D eigenvalue weighted by Gasteiger charge is 2.26. The summed E-state index contributed by atoms with van der Waals surface area (Å²) in [5.41, 5.74) is -0.562. The molecular weight excluding hydrogens is 287 g/mol. The Balaban J connectivity index is 2.70. The van der Waals surface area contributed by atoms with Crippen molar-refractivity contribution in [2.75, 3.05) is 32.1 Å². The minimum absolute atomic E-state index is 0.148. The fraction of sp³-hybridized carbons (Fsp3) is 0.462. The largest absolute Gasteiger partial charge is 0.396 e. The molecule has 20 heavy (non-hydrogen) atoms. The molecule has 112 valence electrons. The molecule has 0 saturated heterocycles. The number of urea groups is 1. The van der Waals surface area contributed by atoms with E-state index < -0.39 is 17.3 Å². The summed E-state index contributed by atoms with van der Waals surface area (Å²) < 4.78 is 13.1. The van der Waals surface area contributed by atoms with Gasteiger partial charge in [0.25, 0.3) is 0 Å². The van der Waals surface area contributed by atoms with Gasteiger partial charge in [0.15, 0.2) is 0 Å². The number of nitrogens with one attached hydrogen (secondary N) is 1. The standard InChI is InChI=1S/C13H18ClFN2O3/c1-13(7-18,8-19)6-17(2)12(20)16-11-4-9(14)3-10(15)5-11/h3-5,18-19H,6-8H2,1-2H3,(H,16,20). The first-order valence-corrected chi connectivity index (χ1v) is 6.37. The number of halogens is 2. The molecule has 0 aromatic heterocycles. The zero-order valence-electron chi connectivity index (χ0n) is 11.4. The van der Waals surface area contributed by atoms with E-state index in [0.717, 1.165) is 12.1 Å². The Morgan fingerprint density at radius 1 is 1.40 bits per heavy atom. The van der Waals surface area contributed by atoms with Gasteiger partial charge in [-0.2, -0.15) is 0 Å². The maximum Gasteiger partial charge on any atom is 0.321 e. The normalized spacial score (nSPS) is 11.3. The maximum absolute atomic E-state index is 13.1. The second-order valence-corrected chi connectivity index (χ2v) is 5.51. The number of carbonyl (C=O) groups is 1. The molecule has 1 aromatic rings. The van der Waals surface area contributed by atoms with Gasteiger partial charge in [0, 0.05) is 29.7 Å². The Kier molecular flexibility index (Phi) is 5.74. The summed E-state index contributed by atoms with van der Waals surface area (Å²) in [4.78, 5) is 13.2. The minimum atomic E-state index is -0.800. The van der Waals surface area contributed by atoms with E-state index in [1.54, 1.807) is 6.92 Å². The Bertz CT molecular complexity index is 460. The van der Waals surface area contributed by atoms with Crippen LogP contribution in [0, 0.1) is 11.2 Å². The molecule has 0 fully saturated rings. The van der Waals surface area contributed by atoms with E-state index in [2.05, 4.69) is 5.32 Å². The van der Waals surface area contributed by atoms with Crippen molar-refractivity contribution < 1.29 is 19.4 Å². The zero-order valence-corrected chi connectivity index (χ0v) is 12.1. The van der Waals surface area contributed by atoms with Crippen molar-refractivity contribution in [3.63, 3.8) is 0 Å². The highest BCUT2D eigenvalue weighted by atomic mass is 35.5. The molecule has 7 heteroatoms. The average molecular weight is 305 g/mol. The topological polar surface area (TPSA) is 72.8 Å². The molecule has 0 radical (unpaired) electrons. The summed E-state index contributed by atoms with van der Waals surface area (Å²) in [6.07, 6.45) is 0. The molecular formula is C13H18ClFN2O3. The van der Waals surface area contributed by atoms with E-state index in [4.69, 9.17) is 11.6 Å². The van der Waals surface area contributed by atoms with Crippen LogP contribution < -0.4 is 5.32 Å². The van der Waals surface area contributed by atoms with E-state index in [9.17, 15) is 19.4 Å². The Hall–Kier alpha value is -1.37. The van der Waals surface area contributed by atoms with Crippen LogP contribution in [0.1, 0.15) is 6.92 Å². The van der Waals surface area contributed by atoms with Gasteiger partial charge in [-0.1, -0.05) is 18.5 Å². The third kappa shape index (κ3) is 4.63. The number of aliphatic hydroxyl groups is 2. The summed E-state index contributed by atoms with van der Waals surface area (Å²) in [5.74, 6) is -0.550. The average Bonchev–Trinajstić information content (AvgIpc) is 2.37. The van der Waals surface area contributed by atoms with Crippen molar-refractivity contribution >= 4 is 23.3 Å². The summed E-state index contributed by atoms with van der Waals surface area (Å²) in [7, 11) is 1.51. The number of rotatable bonds is 5. The molecule has 0 atom stereocenters. The summed E-state index contributed by atoms with van der Waals surface area (Å²) in [5, 5.41) is 21.1. The number of anilines is 1. The van der Waals surface area contributed by atoms with Crippen molar-refractivity contribution in [3.8, 4) is 0 Å². The monoisotopic (exact) mass is 304 g/mol. The van der Waals surface area contributed by atoms with Crippen LogP contribution in [-0.4, -0.2) is 48.0 Å². The summed E-state index contributed by atoms with van der Waals surface area (Å²) in [6.45, 7) is 1.28. The lowest BCUT2D eigenvalue weighted by Crippen LogP contribution is -2.43. The second-order valence-electron chi connectivity index (χ2n) is 5.07. The quantitative estimate of drug-likeness (QED) is 0.778. The van der Waals surface area contributed by atoms with E-state index in [1.165, 1.54) is 18.0 Å². The van der Waals surface area contributed by atoms with Gasteiger partial charge >= 0.3 is 6.03 Å². The Labute approximate surface area is 122 Å². The predicted molar refractivity (Wildman–Crippen MR) is 75.3 cm³/mol. The highest BCUT2D eigenvalue weighted by Crippen LogP contribution is 2.19. The van der Waals surface area contributed by atoms with Crippen LogP contribution in [0.15, 0.2) is 18.2 Å². The van der Waals surface area contributed by atoms with E-state index in [0.29, 0.717) is 0 Å². The molecule has 0 spiro atoms. The van der Waals surface area contributed by atoms with Crippen LogP contribution in [0.25, 0.3) is 0 Å². The number of hydrogen-bond acceptors (Lipinski definition) is 3.